The fraction of sp³-hybridized carbons (Fsp3) is 0.333. The number of para-hydroxylation sites is 10. The Balaban J connectivity index is 0.000000144. The van der Waals surface area contributed by atoms with Gasteiger partial charge in [0.05, 0.1) is 24.1 Å². The van der Waals surface area contributed by atoms with Gasteiger partial charge in [0, 0.05) is 132 Å². The molecular formula is C84H108N12. The van der Waals surface area contributed by atoms with Crippen molar-refractivity contribution in [2.45, 2.75) is 160 Å². The van der Waals surface area contributed by atoms with Gasteiger partial charge in [-0.3, -0.25) is 0 Å². The predicted octanol–water partition coefficient (Wildman–Crippen LogP) is 19.7. The number of aryl methyl sites for hydroxylation is 6. The Morgan fingerprint density at radius 1 is 0.281 bits per heavy atom. The van der Waals surface area contributed by atoms with Crippen molar-refractivity contribution in [3.8, 4) is 0 Å². The van der Waals surface area contributed by atoms with Crippen LogP contribution in [0.1, 0.15) is 112 Å². The first-order valence-corrected chi connectivity index (χ1v) is 33.8. The van der Waals surface area contributed by atoms with E-state index in [0.717, 1.165) is 33.9 Å². The van der Waals surface area contributed by atoms with E-state index in [2.05, 4.69) is 280 Å². The SMILES string of the molecule is Cc1ccccc1N1C=CN(C(C)C)[C@@H]1C.Cc1ccccc1N1C=CN(C)[C@@H]1C.Cc1ccccc1N1c2ccccc2N(C)[C@@H]1C.[2H]C(C)(C)N1C=CN(c2ccccc2C)[C@H]1C.[2H]C([2H])([2H])N1C=CN(c2ccccc2C)[C@H]1C.[2H]C([2H])([2H])N1c2ccccc2N(c2ccccc2C)[C@H]1C. The first kappa shape index (κ1) is 61.2. The molecule has 0 radical (unpaired) electrons. The molecule has 6 aliphatic rings. The van der Waals surface area contributed by atoms with Gasteiger partial charge < -0.3 is 58.8 Å². The van der Waals surface area contributed by atoms with Crippen LogP contribution in [0.3, 0.4) is 0 Å². The maximum Gasteiger partial charge on any atom is 0.103 e. The minimum absolute atomic E-state index is 0.184. The average Bonchev–Trinajstić information content (AvgIpc) is 1.62. The van der Waals surface area contributed by atoms with E-state index < -0.39 is 20.0 Å². The topological polar surface area (TPSA) is 38.9 Å². The zero-order chi connectivity index (χ0) is 75.0. The van der Waals surface area contributed by atoms with Gasteiger partial charge >= 0.3 is 0 Å². The van der Waals surface area contributed by atoms with Crippen LogP contribution in [0.15, 0.2) is 244 Å². The Hall–Kier alpha value is -9.68. The van der Waals surface area contributed by atoms with E-state index >= 15 is 0 Å². The molecule has 0 saturated heterocycles. The second-order valence-electron chi connectivity index (χ2n) is 26.0. The van der Waals surface area contributed by atoms with Crippen LogP contribution in [0.4, 0.5) is 56.9 Å². The summed E-state index contributed by atoms with van der Waals surface area (Å²) in [6.45, 7) is 29.3. The third-order valence-corrected chi connectivity index (χ3v) is 19.1. The Morgan fingerprint density at radius 2 is 0.552 bits per heavy atom. The lowest BCUT2D eigenvalue weighted by atomic mass is 10.1. The minimum atomic E-state index is -2.16. The quantitative estimate of drug-likeness (QED) is 0.146. The van der Waals surface area contributed by atoms with E-state index in [-0.39, 0.29) is 18.5 Å². The highest BCUT2D eigenvalue weighted by Gasteiger charge is 2.34. The number of rotatable bonds is 8. The summed E-state index contributed by atoms with van der Waals surface area (Å²) in [5.41, 5.74) is 19.0. The van der Waals surface area contributed by atoms with Crippen molar-refractivity contribution in [3.63, 3.8) is 0 Å². The molecule has 8 aromatic carbocycles. The Labute approximate surface area is 587 Å². The van der Waals surface area contributed by atoms with E-state index in [0.29, 0.717) is 24.5 Å². The maximum absolute atomic E-state index is 8.11. The van der Waals surface area contributed by atoms with Crippen molar-refractivity contribution < 1.29 is 9.60 Å². The van der Waals surface area contributed by atoms with Crippen LogP contribution in [0, 0.1) is 41.5 Å². The molecule has 0 saturated carbocycles. The first-order valence-electron chi connectivity index (χ1n) is 37.3. The number of nitrogens with zero attached hydrogens (tertiary/aromatic N) is 12. The standard InChI is InChI=1S/2C16H18N2.2C14H20N2.2C12H16N2/c2*1-12-8-4-5-9-14(12)18-13(2)17(3)15-10-6-7-11-16(15)18;2*1-11(2)15-9-10-16(13(15)4)14-8-6-5-7-12(14)3;2*1-10-6-4-5-7-12(10)14-9-8-13(3)11(14)2/h2*4-11,13H,1-3H3;2*5-11,13H,1-4H3;2*4-9,11H,1-3H3/t4*13-;2*11-/m000000/s1/i3D3;;11D;;3D3;. The molecule has 8 aromatic rings. The van der Waals surface area contributed by atoms with Crippen molar-refractivity contribution >= 4 is 56.9 Å². The van der Waals surface area contributed by atoms with Gasteiger partial charge in [0.15, 0.2) is 0 Å². The smallest absolute Gasteiger partial charge is 0.103 e. The minimum Gasteiger partial charge on any atom is -0.359 e. The molecule has 0 N–H and O–H groups in total. The van der Waals surface area contributed by atoms with Crippen molar-refractivity contribution in [2.24, 2.45) is 0 Å². The van der Waals surface area contributed by atoms with E-state index in [4.69, 9.17) is 9.60 Å². The fourth-order valence-electron chi connectivity index (χ4n) is 13.1. The molecule has 12 nitrogen and oxygen atoms in total. The van der Waals surface area contributed by atoms with Gasteiger partial charge in [-0.2, -0.15) is 0 Å². The third-order valence-electron chi connectivity index (χ3n) is 19.1. The summed E-state index contributed by atoms with van der Waals surface area (Å²) < 4.78 is 53.9. The maximum atomic E-state index is 8.11. The summed E-state index contributed by atoms with van der Waals surface area (Å²) in [7, 11) is 4.25. The zero-order valence-electron chi connectivity index (χ0n) is 67.0. The van der Waals surface area contributed by atoms with Crippen molar-refractivity contribution in [1.82, 2.24) is 19.6 Å². The fourth-order valence-corrected chi connectivity index (χ4v) is 13.1. The van der Waals surface area contributed by atoms with Gasteiger partial charge in [0.1, 0.15) is 37.0 Å². The van der Waals surface area contributed by atoms with Crippen LogP contribution in [0.25, 0.3) is 0 Å². The van der Waals surface area contributed by atoms with E-state index in [1.54, 1.807) is 6.20 Å². The number of benzene rings is 8. The van der Waals surface area contributed by atoms with Crippen LogP contribution < -0.4 is 39.2 Å². The second-order valence-corrected chi connectivity index (χ2v) is 26.0. The van der Waals surface area contributed by atoms with E-state index in [1.165, 1.54) is 66.2 Å². The Kier molecular flexibility index (Phi) is 20.2. The van der Waals surface area contributed by atoms with Crippen LogP contribution in [0.5, 0.6) is 0 Å². The van der Waals surface area contributed by atoms with E-state index in [9.17, 15) is 0 Å². The number of hydrogen-bond acceptors (Lipinski definition) is 12. The molecule has 0 aromatic heterocycles. The summed E-state index contributed by atoms with van der Waals surface area (Å²) in [5, 5.41) is 0. The number of fused-ring (bicyclic) bond motifs is 2. The zero-order valence-corrected chi connectivity index (χ0v) is 60.0. The van der Waals surface area contributed by atoms with Gasteiger partial charge in [-0.25, -0.2) is 0 Å². The van der Waals surface area contributed by atoms with Crippen molar-refractivity contribution in [1.29, 1.82) is 0 Å². The molecule has 0 spiro atoms. The van der Waals surface area contributed by atoms with Crippen LogP contribution >= 0.6 is 0 Å². The van der Waals surface area contributed by atoms with Crippen LogP contribution in [0.2, 0.25) is 0 Å². The Bertz CT molecular complexity index is 4170. The predicted molar refractivity (Wildman–Crippen MR) is 414 cm³/mol. The highest BCUT2D eigenvalue weighted by molar-refractivity contribution is 5.85. The van der Waals surface area contributed by atoms with E-state index in [1.807, 2.05) is 132 Å². The Morgan fingerprint density at radius 3 is 0.854 bits per heavy atom. The summed E-state index contributed by atoms with van der Waals surface area (Å²) in [4.78, 5) is 25.1. The normalized spacial score (nSPS) is 20.9. The summed E-state index contributed by atoms with van der Waals surface area (Å²) in [5.74, 6) is 0. The molecule has 14 rings (SSSR count). The summed E-state index contributed by atoms with van der Waals surface area (Å²) in [6.07, 6.45) is 17.0. The van der Waals surface area contributed by atoms with Gasteiger partial charge in [-0.1, -0.05) is 133 Å². The second kappa shape index (κ2) is 31.7. The average molecular weight is 1290 g/mol. The van der Waals surface area contributed by atoms with Gasteiger partial charge in [0.25, 0.3) is 0 Å². The van der Waals surface area contributed by atoms with Crippen molar-refractivity contribution in [2.75, 3.05) is 67.2 Å². The third kappa shape index (κ3) is 15.5. The molecule has 0 unspecified atom stereocenters. The molecule has 0 amide bonds. The molecular weight excluding hydrogens is 1180 g/mol. The molecule has 12 heteroatoms. The highest BCUT2D eigenvalue weighted by Crippen LogP contribution is 2.45. The molecule has 504 valence electrons. The summed E-state index contributed by atoms with van der Waals surface area (Å²) in [6, 6.07) is 66.1. The lowest BCUT2D eigenvalue weighted by molar-refractivity contribution is 0.263. The lowest BCUT2D eigenvalue weighted by Crippen LogP contribution is -2.39. The number of hydrogen-bond donors (Lipinski definition) is 0. The highest BCUT2D eigenvalue weighted by atomic mass is 15.4. The monoisotopic (exact) mass is 1290 g/mol. The van der Waals surface area contributed by atoms with Gasteiger partial charge in [0.2, 0.25) is 0 Å². The molecule has 6 aliphatic heterocycles. The summed E-state index contributed by atoms with van der Waals surface area (Å²) >= 11 is 0. The van der Waals surface area contributed by atoms with Gasteiger partial charge in [-0.15, -0.1) is 0 Å². The molecule has 0 bridgehead atoms. The molecule has 6 atom stereocenters. The molecule has 0 fully saturated rings. The first-order chi connectivity index (χ1) is 48.7. The van der Waals surface area contributed by atoms with Crippen LogP contribution in [-0.2, 0) is 0 Å². The largest absolute Gasteiger partial charge is 0.359 e. The molecule has 0 aliphatic carbocycles. The number of anilines is 10. The van der Waals surface area contributed by atoms with Gasteiger partial charge in [-0.05, 0) is 205 Å². The molecule has 96 heavy (non-hydrogen) atoms. The lowest BCUT2D eigenvalue weighted by Gasteiger charge is -2.33. The molecule has 6 heterocycles. The van der Waals surface area contributed by atoms with Crippen molar-refractivity contribution in [3.05, 3.63) is 277 Å². The van der Waals surface area contributed by atoms with Crippen LogP contribution in [-0.4, -0.2) is 96.7 Å².